The van der Waals surface area contributed by atoms with Crippen molar-refractivity contribution in [2.45, 2.75) is 6.36 Å². The molecule has 156 valence electrons. The fourth-order valence-corrected chi connectivity index (χ4v) is 4.41. The summed E-state index contributed by atoms with van der Waals surface area (Å²) in [5, 5.41) is 14.9. The first-order chi connectivity index (χ1) is 14.9. The van der Waals surface area contributed by atoms with Crippen LogP contribution in [0.1, 0.15) is 0 Å². The van der Waals surface area contributed by atoms with Crippen LogP contribution in [-0.2, 0) is 0 Å². The highest BCUT2D eigenvalue weighted by atomic mass is 35.5. The molecule has 0 atom stereocenters. The van der Waals surface area contributed by atoms with E-state index < -0.39 is 12.1 Å². The summed E-state index contributed by atoms with van der Waals surface area (Å²) in [6.07, 6.45) is -3.31. The molecule has 0 fully saturated rings. The molecule has 0 radical (unpaired) electrons. The lowest BCUT2D eigenvalue weighted by Crippen LogP contribution is -2.17. The van der Waals surface area contributed by atoms with E-state index in [1.807, 2.05) is 29.6 Å². The molecule has 31 heavy (non-hydrogen) atoms. The van der Waals surface area contributed by atoms with Gasteiger partial charge in [0.25, 0.3) is 0 Å². The number of nitrogens with zero attached hydrogens (tertiary/aromatic N) is 3. The van der Waals surface area contributed by atoms with Crippen LogP contribution in [0.4, 0.5) is 24.7 Å². The first kappa shape index (κ1) is 19.6. The van der Waals surface area contributed by atoms with Crippen LogP contribution < -0.4 is 10.1 Å². The molecule has 2 N–H and O–H groups in total. The highest BCUT2D eigenvalue weighted by Crippen LogP contribution is 2.39. The number of rotatable bonds is 4. The largest absolute Gasteiger partial charge is 0.573 e. The molecule has 0 bridgehead atoms. The van der Waals surface area contributed by atoms with Crippen LogP contribution in [0.25, 0.3) is 32.4 Å². The number of hydrogen-bond acceptors (Lipinski definition) is 6. The van der Waals surface area contributed by atoms with Gasteiger partial charge in [-0.1, -0.05) is 23.7 Å². The zero-order valence-corrected chi connectivity index (χ0v) is 16.9. The number of nitrogens with one attached hydrogen (secondary N) is 2. The number of H-pyrrole nitrogens is 1. The topological polar surface area (TPSA) is 75.7 Å². The quantitative estimate of drug-likeness (QED) is 0.318. The Morgan fingerprint density at radius 3 is 2.71 bits per heavy atom. The van der Waals surface area contributed by atoms with Crippen LogP contribution in [0.5, 0.6) is 5.75 Å². The summed E-state index contributed by atoms with van der Waals surface area (Å²) in [5.74, 6) is 0.691. The standard InChI is InChI=1S/C20H11ClF3N5OS/c21-14-8-10(30-20(22,23)24)4-5-15(14)27-19-13-6-7-31-17(13)11-2-1-3-12(16(11)28-19)18-25-9-26-29-18/h1-9H,(H,27,28)(H,25,26,29). The molecule has 11 heteroatoms. The van der Waals surface area contributed by atoms with Crippen LogP contribution in [0.15, 0.2) is 54.2 Å². The Balaban J connectivity index is 1.62. The van der Waals surface area contributed by atoms with Gasteiger partial charge in [-0.15, -0.1) is 34.7 Å². The SMILES string of the molecule is FC(F)(F)Oc1ccc(Nc2nc3c(-c4nnc[nH]4)cccc3c3sccc23)c(Cl)c1. The number of pyridine rings is 1. The Bertz CT molecular complexity index is 1400. The summed E-state index contributed by atoms with van der Waals surface area (Å²) in [6.45, 7) is 0. The fourth-order valence-electron chi connectivity index (χ4n) is 3.27. The van der Waals surface area contributed by atoms with Crippen LogP contribution in [-0.4, -0.2) is 26.5 Å². The highest BCUT2D eigenvalue weighted by Gasteiger charge is 2.31. The van der Waals surface area contributed by atoms with Gasteiger partial charge >= 0.3 is 6.36 Å². The van der Waals surface area contributed by atoms with Crippen molar-refractivity contribution in [3.8, 4) is 17.1 Å². The van der Waals surface area contributed by atoms with Gasteiger partial charge in [-0.05, 0) is 29.6 Å². The summed E-state index contributed by atoms with van der Waals surface area (Å²) in [7, 11) is 0. The molecular formula is C20H11ClF3N5OS. The van der Waals surface area contributed by atoms with E-state index in [9.17, 15) is 13.2 Å². The molecule has 0 unspecified atom stereocenters. The normalized spacial score (nSPS) is 11.9. The van der Waals surface area contributed by atoms with Gasteiger partial charge < -0.3 is 15.0 Å². The van der Waals surface area contributed by atoms with Gasteiger partial charge in [-0.2, -0.15) is 0 Å². The molecule has 0 saturated carbocycles. The van der Waals surface area contributed by atoms with E-state index in [0.717, 1.165) is 27.1 Å². The molecule has 2 aromatic carbocycles. The van der Waals surface area contributed by atoms with Crippen LogP contribution >= 0.6 is 22.9 Å². The lowest BCUT2D eigenvalue weighted by Gasteiger charge is -2.14. The Hall–Kier alpha value is -3.37. The zero-order chi connectivity index (χ0) is 21.6. The first-order valence-electron chi connectivity index (χ1n) is 8.88. The summed E-state index contributed by atoms with van der Waals surface area (Å²) in [4.78, 5) is 7.77. The van der Waals surface area contributed by atoms with Crippen LogP contribution in [0.3, 0.4) is 0 Å². The van der Waals surface area contributed by atoms with Crippen molar-refractivity contribution in [3.05, 3.63) is 59.2 Å². The predicted octanol–water partition coefficient (Wildman–Crippen LogP) is 6.53. The number of aromatic amines is 1. The first-order valence-corrected chi connectivity index (χ1v) is 10.1. The highest BCUT2D eigenvalue weighted by molar-refractivity contribution is 7.18. The van der Waals surface area contributed by atoms with Crippen molar-refractivity contribution in [2.24, 2.45) is 0 Å². The predicted molar refractivity (Wildman–Crippen MR) is 114 cm³/mol. The Morgan fingerprint density at radius 1 is 1.10 bits per heavy atom. The van der Waals surface area contributed by atoms with Gasteiger partial charge in [-0.25, -0.2) is 4.98 Å². The van der Waals surface area contributed by atoms with Crippen molar-refractivity contribution < 1.29 is 17.9 Å². The Morgan fingerprint density at radius 2 is 1.97 bits per heavy atom. The summed E-state index contributed by atoms with van der Waals surface area (Å²) in [6, 6.07) is 11.4. The number of benzene rings is 2. The van der Waals surface area contributed by atoms with E-state index in [1.54, 1.807) is 11.3 Å². The molecule has 5 aromatic rings. The molecule has 0 saturated heterocycles. The van der Waals surface area contributed by atoms with Gasteiger partial charge in [0.1, 0.15) is 17.9 Å². The smallest absolute Gasteiger partial charge is 0.406 e. The van der Waals surface area contributed by atoms with Crippen molar-refractivity contribution in [3.63, 3.8) is 0 Å². The number of aromatic nitrogens is 4. The summed E-state index contributed by atoms with van der Waals surface area (Å²) < 4.78 is 42.3. The van der Waals surface area contributed by atoms with Gasteiger partial charge in [0.15, 0.2) is 5.82 Å². The molecular weight excluding hydrogens is 451 g/mol. The maximum Gasteiger partial charge on any atom is 0.573 e. The lowest BCUT2D eigenvalue weighted by molar-refractivity contribution is -0.274. The van der Waals surface area contributed by atoms with Gasteiger partial charge in [0.05, 0.1) is 16.2 Å². The summed E-state index contributed by atoms with van der Waals surface area (Å²) in [5.41, 5.74) is 1.87. The van der Waals surface area contributed by atoms with Gasteiger partial charge in [0, 0.05) is 27.1 Å². The number of alkyl halides is 3. The number of hydrogen-bond donors (Lipinski definition) is 2. The van der Waals surface area contributed by atoms with Crippen molar-refractivity contribution >= 4 is 55.4 Å². The van der Waals surface area contributed by atoms with E-state index in [1.165, 1.54) is 18.5 Å². The number of ether oxygens (including phenoxy) is 1. The van der Waals surface area contributed by atoms with Crippen LogP contribution in [0.2, 0.25) is 5.02 Å². The third-order valence-corrected chi connectivity index (χ3v) is 5.78. The van der Waals surface area contributed by atoms with E-state index in [2.05, 4.69) is 25.2 Å². The molecule has 3 aromatic heterocycles. The minimum Gasteiger partial charge on any atom is -0.406 e. The molecule has 6 nitrogen and oxygen atoms in total. The molecule has 0 aliphatic rings. The minimum absolute atomic E-state index is 0.0653. The van der Waals surface area contributed by atoms with Gasteiger partial charge in [0.2, 0.25) is 0 Å². The Kier molecular flexibility index (Phi) is 4.67. The second-order valence-corrected chi connectivity index (χ2v) is 7.80. The minimum atomic E-state index is -4.79. The molecule has 0 amide bonds. The van der Waals surface area contributed by atoms with E-state index in [4.69, 9.17) is 16.6 Å². The molecule has 5 rings (SSSR count). The second kappa shape index (κ2) is 7.40. The maximum absolute atomic E-state index is 12.5. The third kappa shape index (κ3) is 3.75. The lowest BCUT2D eigenvalue weighted by atomic mass is 10.1. The van der Waals surface area contributed by atoms with E-state index >= 15 is 0 Å². The monoisotopic (exact) mass is 461 g/mol. The summed E-state index contributed by atoms with van der Waals surface area (Å²) >= 11 is 7.76. The van der Waals surface area contributed by atoms with Crippen molar-refractivity contribution in [2.75, 3.05) is 5.32 Å². The third-order valence-electron chi connectivity index (χ3n) is 4.52. The molecule has 3 heterocycles. The van der Waals surface area contributed by atoms with E-state index in [-0.39, 0.29) is 5.02 Å². The second-order valence-electron chi connectivity index (χ2n) is 6.48. The average Bonchev–Trinajstić information content (AvgIpc) is 3.41. The maximum atomic E-state index is 12.5. The molecule has 0 aliphatic heterocycles. The van der Waals surface area contributed by atoms with Crippen LogP contribution in [0, 0.1) is 0 Å². The number of thiophene rings is 1. The van der Waals surface area contributed by atoms with Crippen molar-refractivity contribution in [1.82, 2.24) is 20.2 Å². The fraction of sp³-hybridized carbons (Fsp3) is 0.0500. The molecule has 0 aliphatic carbocycles. The Labute approximate surface area is 181 Å². The van der Waals surface area contributed by atoms with Crippen molar-refractivity contribution in [1.29, 1.82) is 0 Å². The number of fused-ring (bicyclic) bond motifs is 3. The number of anilines is 2. The van der Waals surface area contributed by atoms with Gasteiger partial charge in [-0.3, -0.25) is 0 Å². The zero-order valence-electron chi connectivity index (χ0n) is 15.4. The van der Waals surface area contributed by atoms with E-state index in [0.29, 0.717) is 22.8 Å². The average molecular weight is 462 g/mol. The molecule has 0 spiro atoms. The number of halogens is 4. The number of para-hydroxylation sites is 1.